The van der Waals surface area contributed by atoms with Crippen molar-refractivity contribution in [2.24, 2.45) is 0 Å². The molecule has 3 aromatic rings. The van der Waals surface area contributed by atoms with Crippen molar-refractivity contribution >= 4 is 40.4 Å². The van der Waals surface area contributed by atoms with Gasteiger partial charge in [-0.25, -0.2) is 0 Å². The lowest BCUT2D eigenvalue weighted by Crippen LogP contribution is -2.45. The van der Waals surface area contributed by atoms with Gasteiger partial charge >= 0.3 is 0 Å². The Kier molecular flexibility index (Phi) is 8.00. The Morgan fingerprint density at radius 3 is 2.47 bits per heavy atom. The van der Waals surface area contributed by atoms with E-state index in [9.17, 15) is 9.59 Å². The molecule has 2 amide bonds. The number of carbonyl (C=O) groups excluding carboxylic acids is 2. The maximum Gasteiger partial charge on any atom is 0.265 e. The molecule has 34 heavy (non-hydrogen) atoms. The van der Waals surface area contributed by atoms with Gasteiger partial charge in [-0.2, -0.15) is 0 Å². The Hall–Kier alpha value is -2.71. The maximum atomic E-state index is 12.9. The Balaban J connectivity index is 1.41. The molecule has 2 heterocycles. The molecule has 0 radical (unpaired) electrons. The molecular formula is C26H28ClN3O3S. The zero-order valence-electron chi connectivity index (χ0n) is 19.2. The predicted molar refractivity (Wildman–Crippen MR) is 137 cm³/mol. The van der Waals surface area contributed by atoms with Gasteiger partial charge in [0.2, 0.25) is 0 Å². The average Bonchev–Trinajstić information content (AvgIpc) is 3.34. The van der Waals surface area contributed by atoms with Crippen LogP contribution in [-0.4, -0.2) is 42.0 Å². The maximum absolute atomic E-state index is 12.9. The molecular weight excluding hydrogens is 470 g/mol. The lowest BCUT2D eigenvalue weighted by molar-refractivity contribution is -0.0705. The van der Waals surface area contributed by atoms with Gasteiger partial charge in [-0.05, 0) is 54.6 Å². The normalized spacial score (nSPS) is 18.4. The Morgan fingerprint density at radius 2 is 1.76 bits per heavy atom. The molecule has 2 atom stereocenters. The first-order chi connectivity index (χ1) is 16.4. The van der Waals surface area contributed by atoms with E-state index >= 15 is 0 Å². The number of hydrogen-bond acceptors (Lipinski definition) is 5. The van der Waals surface area contributed by atoms with Crippen LogP contribution in [0, 0.1) is 0 Å². The number of morpholine rings is 1. The number of anilines is 1. The Bertz CT molecular complexity index is 1140. The quantitative estimate of drug-likeness (QED) is 0.471. The van der Waals surface area contributed by atoms with Crippen LogP contribution in [0.4, 0.5) is 5.69 Å². The van der Waals surface area contributed by atoms with Gasteiger partial charge in [0, 0.05) is 31.7 Å². The van der Waals surface area contributed by atoms with Crippen molar-refractivity contribution in [2.45, 2.75) is 39.1 Å². The fraction of sp³-hybridized carbons (Fsp3) is 0.308. The Morgan fingerprint density at radius 1 is 1.03 bits per heavy atom. The van der Waals surface area contributed by atoms with Crippen LogP contribution in [0.15, 0.2) is 60.0 Å². The topological polar surface area (TPSA) is 70.7 Å². The molecule has 0 aliphatic carbocycles. The van der Waals surface area contributed by atoms with Gasteiger partial charge in [-0.1, -0.05) is 41.9 Å². The molecule has 1 aliphatic heterocycles. The van der Waals surface area contributed by atoms with E-state index in [1.54, 1.807) is 24.3 Å². The first kappa shape index (κ1) is 24.4. The van der Waals surface area contributed by atoms with E-state index in [0.29, 0.717) is 27.7 Å². The number of rotatable bonds is 7. The van der Waals surface area contributed by atoms with Crippen LogP contribution >= 0.6 is 22.9 Å². The molecule has 2 aromatic carbocycles. The van der Waals surface area contributed by atoms with Crippen LogP contribution < -0.4 is 10.6 Å². The first-order valence-corrected chi connectivity index (χ1v) is 12.5. The van der Waals surface area contributed by atoms with Crippen molar-refractivity contribution in [3.05, 3.63) is 86.6 Å². The third-order valence-electron chi connectivity index (χ3n) is 5.67. The van der Waals surface area contributed by atoms with E-state index in [1.807, 2.05) is 29.6 Å². The molecule has 1 fully saturated rings. The summed E-state index contributed by atoms with van der Waals surface area (Å²) in [6.07, 6.45) is 0.407. The largest absolute Gasteiger partial charge is 0.373 e. The monoisotopic (exact) mass is 497 g/mol. The number of benzene rings is 2. The SMILES string of the molecule is CC1CN(Cc2ccccc2CNC(=O)c2ccc(Cl)c(NC(=O)c3cccs3)c2)CC(C)O1. The summed E-state index contributed by atoms with van der Waals surface area (Å²) in [5.41, 5.74) is 3.09. The number of thiophene rings is 1. The number of ether oxygens (including phenoxy) is 1. The first-order valence-electron chi connectivity index (χ1n) is 11.3. The molecule has 1 aromatic heterocycles. The van der Waals surface area contributed by atoms with Gasteiger partial charge in [-0.3, -0.25) is 14.5 Å². The van der Waals surface area contributed by atoms with Gasteiger partial charge in [-0.15, -0.1) is 11.3 Å². The summed E-state index contributed by atoms with van der Waals surface area (Å²) in [6.45, 7) is 7.18. The van der Waals surface area contributed by atoms with Crippen LogP contribution in [0.2, 0.25) is 5.02 Å². The van der Waals surface area contributed by atoms with E-state index in [0.717, 1.165) is 25.2 Å². The third kappa shape index (κ3) is 6.24. The summed E-state index contributed by atoms with van der Waals surface area (Å²) < 4.78 is 5.84. The molecule has 0 spiro atoms. The summed E-state index contributed by atoms with van der Waals surface area (Å²) >= 11 is 7.60. The van der Waals surface area contributed by atoms with Gasteiger partial charge < -0.3 is 15.4 Å². The van der Waals surface area contributed by atoms with Gasteiger partial charge in [0.1, 0.15) is 0 Å². The minimum absolute atomic E-state index is 0.204. The molecule has 2 N–H and O–H groups in total. The van der Waals surface area contributed by atoms with E-state index in [2.05, 4.69) is 35.4 Å². The molecule has 1 saturated heterocycles. The zero-order chi connectivity index (χ0) is 24.1. The van der Waals surface area contributed by atoms with E-state index in [4.69, 9.17) is 16.3 Å². The predicted octanol–water partition coefficient (Wildman–Crippen LogP) is 5.19. The van der Waals surface area contributed by atoms with Crippen molar-refractivity contribution in [1.82, 2.24) is 10.2 Å². The molecule has 0 bridgehead atoms. The van der Waals surface area contributed by atoms with Crippen molar-refractivity contribution < 1.29 is 14.3 Å². The summed E-state index contributed by atoms with van der Waals surface area (Å²) in [7, 11) is 0. The van der Waals surface area contributed by atoms with Crippen LogP contribution in [-0.2, 0) is 17.8 Å². The average molecular weight is 498 g/mol. The highest BCUT2D eigenvalue weighted by Gasteiger charge is 2.22. The summed E-state index contributed by atoms with van der Waals surface area (Å²) in [5.74, 6) is -0.484. The van der Waals surface area contributed by atoms with Crippen molar-refractivity contribution in [3.8, 4) is 0 Å². The molecule has 1 aliphatic rings. The van der Waals surface area contributed by atoms with Crippen LogP contribution in [0.3, 0.4) is 0 Å². The highest BCUT2D eigenvalue weighted by atomic mass is 35.5. The second-order valence-corrected chi connectivity index (χ2v) is 9.88. The highest BCUT2D eigenvalue weighted by Crippen LogP contribution is 2.25. The number of nitrogens with one attached hydrogen (secondary N) is 2. The summed E-state index contributed by atoms with van der Waals surface area (Å²) in [4.78, 5) is 28.2. The molecule has 0 saturated carbocycles. The molecule has 178 valence electrons. The number of amides is 2. The molecule has 6 nitrogen and oxygen atoms in total. The lowest BCUT2D eigenvalue weighted by atomic mass is 10.1. The van der Waals surface area contributed by atoms with Gasteiger partial charge in [0.05, 0.1) is 27.8 Å². The van der Waals surface area contributed by atoms with Crippen molar-refractivity contribution in [3.63, 3.8) is 0 Å². The summed E-state index contributed by atoms with van der Waals surface area (Å²) in [5, 5.41) is 8.00. The fourth-order valence-corrected chi connectivity index (χ4v) is 4.95. The van der Waals surface area contributed by atoms with Crippen LogP contribution in [0.25, 0.3) is 0 Å². The number of hydrogen-bond donors (Lipinski definition) is 2. The number of halogens is 1. The van der Waals surface area contributed by atoms with E-state index in [1.165, 1.54) is 16.9 Å². The van der Waals surface area contributed by atoms with E-state index < -0.39 is 0 Å². The molecule has 2 unspecified atom stereocenters. The molecule has 4 rings (SSSR count). The lowest BCUT2D eigenvalue weighted by Gasteiger charge is -2.35. The second-order valence-electron chi connectivity index (χ2n) is 8.53. The highest BCUT2D eigenvalue weighted by molar-refractivity contribution is 7.12. The Labute approximate surface area is 208 Å². The van der Waals surface area contributed by atoms with Gasteiger partial charge in [0.15, 0.2) is 0 Å². The van der Waals surface area contributed by atoms with Crippen molar-refractivity contribution in [1.29, 1.82) is 0 Å². The summed E-state index contributed by atoms with van der Waals surface area (Å²) in [6, 6.07) is 16.6. The second kappa shape index (κ2) is 11.1. The zero-order valence-corrected chi connectivity index (χ0v) is 20.8. The van der Waals surface area contributed by atoms with Crippen molar-refractivity contribution in [2.75, 3.05) is 18.4 Å². The smallest absolute Gasteiger partial charge is 0.265 e. The fourth-order valence-electron chi connectivity index (χ4n) is 4.17. The number of carbonyl (C=O) groups is 2. The minimum Gasteiger partial charge on any atom is -0.373 e. The molecule has 8 heteroatoms. The van der Waals surface area contributed by atoms with Crippen LogP contribution in [0.5, 0.6) is 0 Å². The van der Waals surface area contributed by atoms with Gasteiger partial charge in [0.25, 0.3) is 11.8 Å². The minimum atomic E-state index is -0.255. The van der Waals surface area contributed by atoms with E-state index in [-0.39, 0.29) is 24.0 Å². The number of nitrogens with zero attached hydrogens (tertiary/aromatic N) is 1. The van der Waals surface area contributed by atoms with Crippen LogP contribution in [0.1, 0.15) is 45.0 Å². The standard InChI is InChI=1S/C26H28ClN3O3S/c1-17-14-30(15-18(2)33-17)16-21-7-4-3-6-20(21)13-28-25(31)19-9-10-22(27)23(12-19)29-26(32)24-8-5-11-34-24/h3-12,17-18H,13-16H2,1-2H3,(H,28,31)(H,29,32). The third-order valence-corrected chi connectivity index (χ3v) is 6.87.